The lowest BCUT2D eigenvalue weighted by Gasteiger charge is -2.26. The van der Waals surface area contributed by atoms with E-state index in [1.807, 2.05) is 0 Å². The van der Waals surface area contributed by atoms with E-state index in [-0.39, 0.29) is 24.3 Å². The molecule has 1 aromatic carbocycles. The predicted molar refractivity (Wildman–Crippen MR) is 93.9 cm³/mol. The Balaban J connectivity index is 1.76. The zero-order valence-electron chi connectivity index (χ0n) is 13.5. The zero-order valence-corrected chi connectivity index (χ0v) is 15.0. The molecule has 0 bridgehead atoms. The molecule has 2 heterocycles. The van der Waals surface area contributed by atoms with Crippen molar-refractivity contribution in [1.29, 1.82) is 0 Å². The minimum atomic E-state index is -0.935. The first-order valence-corrected chi connectivity index (χ1v) is 8.93. The molecule has 2 saturated heterocycles. The van der Waals surface area contributed by atoms with Gasteiger partial charge in [0.2, 0.25) is 11.8 Å². The highest BCUT2D eigenvalue weighted by Crippen LogP contribution is 2.35. The molecular formula is C17H18Cl2N2O4. The van der Waals surface area contributed by atoms with Gasteiger partial charge in [-0.1, -0.05) is 23.2 Å². The number of hydrogen-bond donors (Lipinski definition) is 1. The van der Waals surface area contributed by atoms with E-state index < -0.39 is 11.9 Å². The molecule has 2 atom stereocenters. The lowest BCUT2D eigenvalue weighted by atomic mass is 10.0. The van der Waals surface area contributed by atoms with E-state index in [1.54, 1.807) is 23.1 Å². The fourth-order valence-corrected chi connectivity index (χ4v) is 3.97. The Morgan fingerprint density at radius 2 is 1.96 bits per heavy atom. The maximum absolute atomic E-state index is 12.8. The summed E-state index contributed by atoms with van der Waals surface area (Å²) in [7, 11) is 0. The molecule has 1 aromatic rings. The SMILES string of the molecule is O=C(O)CC1CCCN1C(=O)C1CCN(c2cc(Cl)ccc2Cl)C1=O. The van der Waals surface area contributed by atoms with Crippen LogP contribution in [-0.4, -0.2) is 46.9 Å². The largest absolute Gasteiger partial charge is 0.481 e. The maximum atomic E-state index is 12.8. The molecule has 8 heteroatoms. The Morgan fingerprint density at radius 3 is 2.68 bits per heavy atom. The highest BCUT2D eigenvalue weighted by molar-refractivity contribution is 6.36. The number of carboxylic acid groups (broad SMARTS) is 1. The Morgan fingerprint density at radius 1 is 1.20 bits per heavy atom. The number of benzene rings is 1. The fourth-order valence-electron chi connectivity index (χ4n) is 3.58. The normalized spacial score (nSPS) is 23.4. The van der Waals surface area contributed by atoms with Gasteiger partial charge in [-0.3, -0.25) is 14.4 Å². The van der Waals surface area contributed by atoms with E-state index in [9.17, 15) is 14.4 Å². The highest BCUT2D eigenvalue weighted by Gasteiger charge is 2.43. The highest BCUT2D eigenvalue weighted by atomic mass is 35.5. The van der Waals surface area contributed by atoms with Crippen molar-refractivity contribution in [3.8, 4) is 0 Å². The predicted octanol–water partition coefficient (Wildman–Crippen LogP) is 2.81. The van der Waals surface area contributed by atoms with Gasteiger partial charge in [-0.25, -0.2) is 0 Å². The van der Waals surface area contributed by atoms with Crippen LogP contribution < -0.4 is 4.90 Å². The molecule has 0 spiro atoms. The molecule has 2 fully saturated rings. The topological polar surface area (TPSA) is 77.9 Å². The van der Waals surface area contributed by atoms with Gasteiger partial charge in [0, 0.05) is 24.2 Å². The van der Waals surface area contributed by atoms with E-state index in [0.29, 0.717) is 41.7 Å². The third-order valence-corrected chi connectivity index (χ3v) is 5.33. The number of carbonyl (C=O) groups is 3. The molecule has 0 saturated carbocycles. The van der Waals surface area contributed by atoms with Gasteiger partial charge in [0.1, 0.15) is 5.92 Å². The van der Waals surface area contributed by atoms with E-state index in [1.165, 1.54) is 4.90 Å². The summed E-state index contributed by atoms with van der Waals surface area (Å²) in [4.78, 5) is 39.6. The Hall–Kier alpha value is -1.79. The van der Waals surface area contributed by atoms with Crippen LogP contribution in [0.4, 0.5) is 5.69 Å². The summed E-state index contributed by atoms with van der Waals surface area (Å²) in [6.07, 6.45) is 1.71. The third kappa shape index (κ3) is 3.60. The van der Waals surface area contributed by atoms with E-state index in [0.717, 1.165) is 6.42 Å². The van der Waals surface area contributed by atoms with Gasteiger partial charge in [-0.15, -0.1) is 0 Å². The summed E-state index contributed by atoms with van der Waals surface area (Å²) < 4.78 is 0. The molecule has 2 aliphatic heterocycles. The summed E-state index contributed by atoms with van der Waals surface area (Å²) in [6, 6.07) is 4.53. The molecule has 6 nitrogen and oxygen atoms in total. The van der Waals surface area contributed by atoms with E-state index >= 15 is 0 Å². The van der Waals surface area contributed by atoms with Crippen LogP contribution in [0.25, 0.3) is 0 Å². The van der Waals surface area contributed by atoms with Crippen molar-refractivity contribution in [3.05, 3.63) is 28.2 Å². The average Bonchev–Trinajstić information content (AvgIpc) is 3.15. The quantitative estimate of drug-likeness (QED) is 0.809. The first-order chi connectivity index (χ1) is 11.9. The summed E-state index contributed by atoms with van der Waals surface area (Å²) in [6.45, 7) is 0.880. The first-order valence-electron chi connectivity index (χ1n) is 8.17. The number of hydrogen-bond acceptors (Lipinski definition) is 3. The number of carbonyl (C=O) groups excluding carboxylic acids is 2. The molecule has 0 aliphatic carbocycles. The number of halogens is 2. The van der Waals surface area contributed by atoms with Gasteiger partial charge < -0.3 is 14.9 Å². The van der Waals surface area contributed by atoms with Crippen molar-refractivity contribution in [1.82, 2.24) is 4.90 Å². The molecular weight excluding hydrogens is 367 g/mol. The number of rotatable bonds is 4. The van der Waals surface area contributed by atoms with Crippen LogP contribution in [0.2, 0.25) is 10.0 Å². The number of amides is 2. The van der Waals surface area contributed by atoms with Crippen LogP contribution in [-0.2, 0) is 14.4 Å². The van der Waals surface area contributed by atoms with Crippen molar-refractivity contribution in [2.45, 2.75) is 31.7 Å². The second-order valence-electron chi connectivity index (χ2n) is 6.35. The molecule has 2 aliphatic rings. The zero-order chi connectivity index (χ0) is 18.1. The van der Waals surface area contributed by atoms with Crippen LogP contribution in [0.3, 0.4) is 0 Å². The first kappa shape index (κ1) is 18.0. The molecule has 2 amide bonds. The van der Waals surface area contributed by atoms with Crippen LogP contribution in [0, 0.1) is 5.92 Å². The van der Waals surface area contributed by atoms with Crippen molar-refractivity contribution in [2.75, 3.05) is 18.0 Å². The molecule has 25 heavy (non-hydrogen) atoms. The van der Waals surface area contributed by atoms with Crippen molar-refractivity contribution < 1.29 is 19.5 Å². The fraction of sp³-hybridized carbons (Fsp3) is 0.471. The minimum Gasteiger partial charge on any atom is -0.481 e. The number of aliphatic carboxylic acids is 1. The summed E-state index contributed by atoms with van der Waals surface area (Å²) in [5, 5.41) is 9.86. The van der Waals surface area contributed by atoms with Gasteiger partial charge in [0.05, 0.1) is 17.1 Å². The molecule has 0 aromatic heterocycles. The van der Waals surface area contributed by atoms with Gasteiger partial charge in [0.25, 0.3) is 0 Å². The summed E-state index contributed by atoms with van der Waals surface area (Å²) >= 11 is 12.1. The number of anilines is 1. The minimum absolute atomic E-state index is 0.0868. The van der Waals surface area contributed by atoms with E-state index in [4.69, 9.17) is 28.3 Å². The van der Waals surface area contributed by atoms with Crippen LogP contribution in [0.1, 0.15) is 25.7 Å². The van der Waals surface area contributed by atoms with Gasteiger partial charge in [0.15, 0.2) is 0 Å². The van der Waals surface area contributed by atoms with Crippen LogP contribution in [0.15, 0.2) is 18.2 Å². The lowest BCUT2D eigenvalue weighted by Crippen LogP contribution is -2.43. The van der Waals surface area contributed by atoms with Crippen molar-refractivity contribution in [3.63, 3.8) is 0 Å². The van der Waals surface area contributed by atoms with Gasteiger partial charge in [-0.05, 0) is 37.5 Å². The van der Waals surface area contributed by atoms with E-state index in [2.05, 4.69) is 0 Å². The van der Waals surface area contributed by atoms with Crippen LogP contribution >= 0.6 is 23.2 Å². The van der Waals surface area contributed by atoms with Gasteiger partial charge >= 0.3 is 5.97 Å². The Kier molecular flexibility index (Phi) is 5.20. The lowest BCUT2D eigenvalue weighted by molar-refractivity contribution is -0.142. The third-order valence-electron chi connectivity index (χ3n) is 4.77. The van der Waals surface area contributed by atoms with Crippen molar-refractivity contribution in [2.24, 2.45) is 5.92 Å². The number of carboxylic acids is 1. The second-order valence-corrected chi connectivity index (χ2v) is 7.20. The number of nitrogens with zero attached hydrogens (tertiary/aromatic N) is 2. The maximum Gasteiger partial charge on any atom is 0.305 e. The summed E-state index contributed by atoms with van der Waals surface area (Å²) in [5.41, 5.74) is 0.498. The molecule has 1 N–H and O–H groups in total. The second kappa shape index (κ2) is 7.22. The molecule has 2 unspecified atom stereocenters. The average molecular weight is 385 g/mol. The van der Waals surface area contributed by atoms with Gasteiger partial charge in [-0.2, -0.15) is 0 Å². The van der Waals surface area contributed by atoms with Crippen LogP contribution in [0.5, 0.6) is 0 Å². The van der Waals surface area contributed by atoms with Crippen molar-refractivity contribution >= 4 is 46.7 Å². The molecule has 3 rings (SSSR count). The molecule has 0 radical (unpaired) electrons. The monoisotopic (exact) mass is 384 g/mol. The molecule has 134 valence electrons. The number of likely N-dealkylation sites (tertiary alicyclic amines) is 1. The Labute approximate surface area is 155 Å². The Bertz CT molecular complexity index is 725. The standard InChI is InChI=1S/C17H18Cl2N2O4/c18-10-3-4-13(19)14(8-10)21-7-5-12(17(21)25)16(24)20-6-1-2-11(20)9-15(22)23/h3-4,8,11-12H,1-2,5-7,9H2,(H,22,23). The summed E-state index contributed by atoms with van der Waals surface area (Å²) in [5.74, 6) is -2.32. The smallest absolute Gasteiger partial charge is 0.305 e.